The molecule has 0 aromatic carbocycles. The maximum atomic E-state index is 12.0. The van der Waals surface area contributed by atoms with Gasteiger partial charge in [0.2, 0.25) is 10.0 Å². The lowest BCUT2D eigenvalue weighted by Crippen LogP contribution is -2.36. The summed E-state index contributed by atoms with van der Waals surface area (Å²) >= 11 is 6.07. The van der Waals surface area contributed by atoms with Crippen LogP contribution in [0, 0.1) is 0 Å². The molecule has 0 bridgehead atoms. The second-order valence-electron chi connectivity index (χ2n) is 5.49. The van der Waals surface area contributed by atoms with E-state index in [4.69, 9.17) is 11.6 Å². The fourth-order valence-electron chi connectivity index (χ4n) is 2.55. The second-order valence-corrected chi connectivity index (χ2v) is 7.95. The minimum Gasteiger partial charge on any atom is -0.352 e. The van der Waals surface area contributed by atoms with Crippen LogP contribution in [0.3, 0.4) is 0 Å². The summed E-state index contributed by atoms with van der Waals surface area (Å²) in [5.41, 5.74) is 0. The van der Waals surface area contributed by atoms with Crippen molar-refractivity contribution < 1.29 is 8.42 Å². The molecule has 1 unspecified atom stereocenters. The van der Waals surface area contributed by atoms with Crippen molar-refractivity contribution in [1.29, 1.82) is 0 Å². The normalized spacial score (nSPS) is 20.6. The molecule has 1 aromatic rings. The van der Waals surface area contributed by atoms with Crippen molar-refractivity contribution in [2.24, 2.45) is 0 Å². The largest absolute Gasteiger partial charge is 0.352 e. The van der Waals surface area contributed by atoms with E-state index in [0.717, 1.165) is 25.2 Å². The van der Waals surface area contributed by atoms with Gasteiger partial charge in [-0.3, -0.25) is 0 Å². The van der Waals surface area contributed by atoms with Gasteiger partial charge in [0.25, 0.3) is 0 Å². The van der Waals surface area contributed by atoms with Crippen molar-refractivity contribution in [2.45, 2.75) is 36.6 Å². The molecule has 7 heteroatoms. The van der Waals surface area contributed by atoms with E-state index in [1.54, 1.807) is 12.1 Å². The van der Waals surface area contributed by atoms with Crippen LogP contribution in [0.4, 0.5) is 5.82 Å². The lowest BCUT2D eigenvalue weighted by atomic mass is 10.1. The first kappa shape index (κ1) is 16.5. The van der Waals surface area contributed by atoms with E-state index in [1.165, 1.54) is 37.4 Å². The third-order valence-electron chi connectivity index (χ3n) is 3.85. The van der Waals surface area contributed by atoms with Crippen LogP contribution in [0.1, 0.15) is 25.7 Å². The number of nitrogens with zero attached hydrogens (tertiary/aromatic N) is 3. The Labute approximate surface area is 132 Å². The zero-order valence-electron chi connectivity index (χ0n) is 12.5. The number of sulfonamides is 1. The van der Waals surface area contributed by atoms with Crippen LogP contribution < -0.4 is 4.90 Å². The van der Waals surface area contributed by atoms with E-state index in [-0.39, 0.29) is 10.9 Å². The summed E-state index contributed by atoms with van der Waals surface area (Å²) in [7, 11) is -0.394. The predicted octanol–water partition coefficient (Wildman–Crippen LogP) is 2.32. The molecule has 1 fully saturated rings. The zero-order valence-corrected chi connectivity index (χ0v) is 14.1. The molecule has 1 saturated heterocycles. The Hall–Kier alpha value is -0.850. The molecule has 0 spiro atoms. The van der Waals surface area contributed by atoms with Crippen LogP contribution >= 0.6 is 11.6 Å². The summed E-state index contributed by atoms with van der Waals surface area (Å²) in [6.07, 6.45) is 5.99. The summed E-state index contributed by atoms with van der Waals surface area (Å²) in [4.78, 5) is 6.77. The highest BCUT2D eigenvalue weighted by Crippen LogP contribution is 2.24. The van der Waals surface area contributed by atoms with Gasteiger partial charge in [0.15, 0.2) is 0 Å². The van der Waals surface area contributed by atoms with Gasteiger partial charge in [-0.05, 0) is 25.0 Å². The number of alkyl halides is 1. The minimum absolute atomic E-state index is 0.216. The molecule has 2 heterocycles. The molecule has 0 aliphatic carbocycles. The third-order valence-corrected chi connectivity index (χ3v) is 6.00. The smallest absolute Gasteiger partial charge is 0.244 e. The monoisotopic (exact) mass is 331 g/mol. The molecule has 5 nitrogen and oxygen atoms in total. The number of hydrogen-bond donors (Lipinski definition) is 0. The van der Waals surface area contributed by atoms with Crippen LogP contribution in [0.5, 0.6) is 0 Å². The van der Waals surface area contributed by atoms with Gasteiger partial charge in [0.1, 0.15) is 10.7 Å². The molecule has 0 saturated carbocycles. The lowest BCUT2D eigenvalue weighted by molar-refractivity contribution is 0.520. The Kier molecular flexibility index (Phi) is 5.46. The third kappa shape index (κ3) is 3.67. The lowest BCUT2D eigenvalue weighted by Gasteiger charge is -2.29. The fraction of sp³-hybridized carbons (Fsp3) is 0.643. The Morgan fingerprint density at radius 1 is 1.33 bits per heavy atom. The van der Waals surface area contributed by atoms with Gasteiger partial charge in [-0.15, -0.1) is 11.6 Å². The maximum Gasteiger partial charge on any atom is 0.244 e. The van der Waals surface area contributed by atoms with Crippen LogP contribution in [-0.2, 0) is 10.0 Å². The van der Waals surface area contributed by atoms with E-state index in [0.29, 0.717) is 5.88 Å². The summed E-state index contributed by atoms with van der Waals surface area (Å²) in [5, 5.41) is 0. The first-order chi connectivity index (χ1) is 9.96. The molecule has 21 heavy (non-hydrogen) atoms. The first-order valence-corrected chi connectivity index (χ1v) is 9.15. The Morgan fingerprint density at radius 3 is 2.67 bits per heavy atom. The van der Waals surface area contributed by atoms with Crippen LogP contribution in [-0.4, -0.2) is 50.3 Å². The van der Waals surface area contributed by atoms with E-state index in [2.05, 4.69) is 9.88 Å². The average molecular weight is 332 g/mol. The molecule has 2 rings (SSSR count). The van der Waals surface area contributed by atoms with Gasteiger partial charge in [-0.2, -0.15) is 0 Å². The highest BCUT2D eigenvalue weighted by atomic mass is 35.5. The van der Waals surface area contributed by atoms with Crippen molar-refractivity contribution in [3.05, 3.63) is 18.3 Å². The van der Waals surface area contributed by atoms with Crippen molar-refractivity contribution in [1.82, 2.24) is 9.29 Å². The standard InChI is InChI=1S/C14H22ClN3O2S/c1-17(2)21(19,20)13-7-8-14(16-11-13)18-9-5-3-4-6-12(18)10-15/h7-8,11-12H,3-6,9-10H2,1-2H3. The molecule has 1 aromatic heterocycles. The highest BCUT2D eigenvalue weighted by Gasteiger charge is 2.23. The molecule has 1 aliphatic heterocycles. The predicted molar refractivity (Wildman–Crippen MR) is 85.4 cm³/mol. The van der Waals surface area contributed by atoms with Crippen molar-refractivity contribution >= 4 is 27.4 Å². The summed E-state index contributed by atoms with van der Waals surface area (Å²) in [6.45, 7) is 0.921. The number of aromatic nitrogens is 1. The van der Waals surface area contributed by atoms with Crippen LogP contribution in [0.25, 0.3) is 0 Å². The number of anilines is 1. The number of pyridine rings is 1. The van der Waals surface area contributed by atoms with Gasteiger partial charge in [0, 0.05) is 38.8 Å². The molecule has 118 valence electrons. The SMILES string of the molecule is CN(C)S(=O)(=O)c1ccc(N2CCCCCC2CCl)nc1. The van der Waals surface area contributed by atoms with Crippen LogP contribution in [0.2, 0.25) is 0 Å². The number of hydrogen-bond acceptors (Lipinski definition) is 4. The molecular weight excluding hydrogens is 310 g/mol. The summed E-state index contributed by atoms with van der Waals surface area (Å²) in [6, 6.07) is 3.67. The Balaban J connectivity index is 2.25. The van der Waals surface area contributed by atoms with E-state index < -0.39 is 10.0 Å². The second kappa shape index (κ2) is 6.94. The van der Waals surface area contributed by atoms with Gasteiger partial charge < -0.3 is 4.90 Å². The topological polar surface area (TPSA) is 53.5 Å². The van der Waals surface area contributed by atoms with E-state index in [9.17, 15) is 8.42 Å². The quantitative estimate of drug-likeness (QED) is 0.795. The van der Waals surface area contributed by atoms with Crippen LogP contribution in [0.15, 0.2) is 23.2 Å². The molecule has 0 radical (unpaired) electrons. The molecule has 0 N–H and O–H groups in total. The molecule has 1 atom stereocenters. The fourth-order valence-corrected chi connectivity index (χ4v) is 3.71. The molecular formula is C14H22ClN3O2S. The average Bonchev–Trinajstić information content (AvgIpc) is 2.72. The van der Waals surface area contributed by atoms with Crippen molar-refractivity contribution in [3.8, 4) is 0 Å². The number of rotatable bonds is 4. The summed E-state index contributed by atoms with van der Waals surface area (Å²) in [5.74, 6) is 1.37. The summed E-state index contributed by atoms with van der Waals surface area (Å²) < 4.78 is 25.3. The van der Waals surface area contributed by atoms with Crippen molar-refractivity contribution in [2.75, 3.05) is 31.4 Å². The van der Waals surface area contributed by atoms with E-state index >= 15 is 0 Å². The van der Waals surface area contributed by atoms with Gasteiger partial charge in [0.05, 0.1) is 0 Å². The van der Waals surface area contributed by atoms with Gasteiger partial charge in [-0.25, -0.2) is 17.7 Å². The van der Waals surface area contributed by atoms with Crippen molar-refractivity contribution in [3.63, 3.8) is 0 Å². The first-order valence-electron chi connectivity index (χ1n) is 7.18. The molecule has 0 amide bonds. The minimum atomic E-state index is -3.42. The number of halogens is 1. The zero-order chi connectivity index (χ0) is 15.5. The Morgan fingerprint density at radius 2 is 2.10 bits per heavy atom. The van der Waals surface area contributed by atoms with E-state index in [1.807, 2.05) is 0 Å². The van der Waals surface area contributed by atoms with Gasteiger partial charge in [-0.1, -0.05) is 12.8 Å². The molecule has 1 aliphatic rings. The highest BCUT2D eigenvalue weighted by molar-refractivity contribution is 7.89. The maximum absolute atomic E-state index is 12.0. The van der Waals surface area contributed by atoms with Gasteiger partial charge >= 0.3 is 0 Å². The Bertz CT molecular complexity index is 560.